The quantitative estimate of drug-likeness (QED) is 0.396. The Labute approximate surface area is 231 Å². The Morgan fingerprint density at radius 1 is 1.10 bits per heavy atom. The van der Waals surface area contributed by atoms with Gasteiger partial charge in [-0.25, -0.2) is 4.79 Å². The molecule has 0 spiro atoms. The molecule has 16 heteroatoms. The number of piperidine rings is 1. The summed E-state index contributed by atoms with van der Waals surface area (Å²) in [6.07, 6.45) is -8.86. The second-order valence-electron chi connectivity index (χ2n) is 8.92. The molecule has 2 amide bonds. The molecule has 0 bridgehead atoms. The van der Waals surface area contributed by atoms with Crippen molar-refractivity contribution >= 4 is 18.4 Å². The lowest BCUT2D eigenvalue weighted by molar-refractivity contribution is -0.146. The number of rotatable bonds is 7. The number of nitrogens with one attached hydrogen (secondary N) is 2. The van der Waals surface area contributed by atoms with Crippen LogP contribution in [0.2, 0.25) is 0 Å². The second kappa shape index (κ2) is 12.7. The van der Waals surface area contributed by atoms with Crippen molar-refractivity contribution < 1.29 is 35.9 Å². The highest BCUT2D eigenvalue weighted by Crippen LogP contribution is 2.31. The SMILES string of the molecule is COc1ccc(-n2nnnc2C(F)(F)F)cc1CN[C@H]1CCN(C(=O)NCC(F)(F)F)C[C@H]1c1ccccc1.Cl. The normalized spacial score (nSPS) is 17.7. The molecule has 0 radical (unpaired) electrons. The van der Waals surface area contributed by atoms with Crippen molar-refractivity contribution in [1.82, 2.24) is 35.7 Å². The lowest BCUT2D eigenvalue weighted by atomic mass is 9.86. The van der Waals surface area contributed by atoms with Crippen molar-refractivity contribution in [3.63, 3.8) is 0 Å². The molecule has 40 heavy (non-hydrogen) atoms. The number of urea groups is 1. The maximum absolute atomic E-state index is 13.3. The molecule has 9 nitrogen and oxygen atoms in total. The first kappa shape index (κ1) is 30.9. The molecule has 2 heterocycles. The number of halogens is 7. The zero-order chi connectivity index (χ0) is 28.2. The number of carbonyl (C=O) groups excluding carboxylic acids is 1. The Kier molecular flexibility index (Phi) is 9.84. The summed E-state index contributed by atoms with van der Waals surface area (Å²) in [5.74, 6) is -1.11. The minimum Gasteiger partial charge on any atom is -0.496 e. The topological polar surface area (TPSA) is 97.2 Å². The molecular formula is C24H26ClF6N7O2. The summed E-state index contributed by atoms with van der Waals surface area (Å²) >= 11 is 0. The number of ether oxygens (including phenoxy) is 1. The van der Waals surface area contributed by atoms with Gasteiger partial charge in [0.15, 0.2) is 0 Å². The number of hydrogen-bond acceptors (Lipinski definition) is 6. The number of nitrogens with zero attached hydrogens (tertiary/aromatic N) is 5. The molecule has 2 atom stereocenters. The summed E-state index contributed by atoms with van der Waals surface area (Å²) < 4.78 is 83.7. The van der Waals surface area contributed by atoms with Crippen molar-refractivity contribution in [3.8, 4) is 11.4 Å². The van der Waals surface area contributed by atoms with E-state index in [-0.39, 0.29) is 49.7 Å². The van der Waals surface area contributed by atoms with Gasteiger partial charge in [0.2, 0.25) is 0 Å². The van der Waals surface area contributed by atoms with E-state index in [0.717, 1.165) is 5.56 Å². The summed E-state index contributed by atoms with van der Waals surface area (Å²) in [5.41, 5.74) is 1.50. The highest BCUT2D eigenvalue weighted by Gasteiger charge is 2.39. The van der Waals surface area contributed by atoms with Crippen LogP contribution in [0.1, 0.15) is 29.3 Å². The van der Waals surface area contributed by atoms with Gasteiger partial charge in [-0.1, -0.05) is 30.3 Å². The van der Waals surface area contributed by atoms with Crippen LogP contribution < -0.4 is 15.4 Å². The molecule has 2 aromatic carbocycles. The molecule has 3 aromatic rings. The van der Waals surface area contributed by atoms with E-state index >= 15 is 0 Å². The third kappa shape index (κ3) is 7.53. The molecule has 1 aliphatic heterocycles. The monoisotopic (exact) mass is 593 g/mol. The Morgan fingerprint density at radius 2 is 1.82 bits per heavy atom. The van der Waals surface area contributed by atoms with Gasteiger partial charge >= 0.3 is 18.4 Å². The lowest BCUT2D eigenvalue weighted by Crippen LogP contribution is -2.53. The van der Waals surface area contributed by atoms with Gasteiger partial charge < -0.3 is 20.3 Å². The highest BCUT2D eigenvalue weighted by molar-refractivity contribution is 5.85. The number of hydrogen-bond donors (Lipinski definition) is 2. The molecule has 0 unspecified atom stereocenters. The molecule has 0 aliphatic carbocycles. The smallest absolute Gasteiger partial charge is 0.453 e. The largest absolute Gasteiger partial charge is 0.496 e. The lowest BCUT2D eigenvalue weighted by Gasteiger charge is -2.39. The van der Waals surface area contributed by atoms with E-state index in [1.807, 2.05) is 35.6 Å². The van der Waals surface area contributed by atoms with Crippen LogP contribution in [0.15, 0.2) is 48.5 Å². The van der Waals surface area contributed by atoms with E-state index in [1.165, 1.54) is 30.2 Å². The van der Waals surface area contributed by atoms with Crippen LogP contribution in [-0.2, 0) is 12.7 Å². The Hall–Kier alpha value is -3.59. The van der Waals surface area contributed by atoms with Crippen LogP contribution in [0.25, 0.3) is 5.69 Å². The number of aromatic nitrogens is 4. The first-order chi connectivity index (χ1) is 18.5. The molecule has 4 rings (SSSR count). The molecule has 1 saturated heterocycles. The van der Waals surface area contributed by atoms with Gasteiger partial charge in [-0.3, -0.25) is 0 Å². The molecule has 1 aliphatic rings. The molecule has 1 fully saturated rings. The van der Waals surface area contributed by atoms with Crippen LogP contribution in [0.4, 0.5) is 31.1 Å². The molecule has 2 N–H and O–H groups in total. The number of likely N-dealkylation sites (tertiary alicyclic amines) is 1. The van der Waals surface area contributed by atoms with Crippen molar-refractivity contribution in [2.75, 3.05) is 26.7 Å². The number of methoxy groups -OCH3 is 1. The van der Waals surface area contributed by atoms with Gasteiger partial charge in [0.25, 0.3) is 5.82 Å². The van der Waals surface area contributed by atoms with Gasteiger partial charge in [-0.2, -0.15) is 31.0 Å². The third-order valence-electron chi connectivity index (χ3n) is 6.35. The average molecular weight is 594 g/mol. The van der Waals surface area contributed by atoms with Crippen LogP contribution in [0, 0.1) is 0 Å². The predicted octanol–water partition coefficient (Wildman–Crippen LogP) is 4.33. The van der Waals surface area contributed by atoms with Gasteiger partial charge in [0.05, 0.1) is 12.8 Å². The van der Waals surface area contributed by atoms with E-state index in [9.17, 15) is 31.1 Å². The van der Waals surface area contributed by atoms with Crippen molar-refractivity contribution in [2.45, 2.75) is 37.3 Å². The summed E-state index contributed by atoms with van der Waals surface area (Å²) in [6.45, 7) is -0.855. The number of benzene rings is 2. The third-order valence-corrected chi connectivity index (χ3v) is 6.35. The molecule has 0 saturated carbocycles. The number of alkyl halides is 6. The number of carbonyl (C=O) groups is 1. The maximum atomic E-state index is 13.3. The van der Waals surface area contributed by atoms with Gasteiger partial charge in [0.1, 0.15) is 12.3 Å². The maximum Gasteiger partial charge on any atom is 0.453 e. The standard InChI is InChI=1S/C24H25F6N7O2.ClH/c1-39-20-8-7-17(37-21(24(28,29)30)33-34-35-37)11-16(20)12-31-19-9-10-36(22(38)32-14-23(25,26)27)13-18(19)15-5-3-2-4-6-15;/h2-8,11,18-19,31H,9-10,12-14H2,1H3,(H,32,38);1H/t18-,19-;/m0./s1. The van der Waals surface area contributed by atoms with Crippen LogP contribution in [-0.4, -0.2) is 70.1 Å². The first-order valence-electron chi connectivity index (χ1n) is 11.9. The fraction of sp³-hybridized carbons (Fsp3) is 0.417. The summed E-state index contributed by atoms with van der Waals surface area (Å²) in [7, 11) is 1.43. The number of amides is 2. The van der Waals surface area contributed by atoms with Crippen molar-refractivity contribution in [3.05, 3.63) is 65.5 Å². The van der Waals surface area contributed by atoms with Gasteiger partial charge in [-0.15, -0.1) is 17.5 Å². The van der Waals surface area contributed by atoms with Crippen LogP contribution >= 0.6 is 12.4 Å². The molecular weight excluding hydrogens is 568 g/mol. The minimum atomic E-state index is -4.76. The average Bonchev–Trinajstić information content (AvgIpc) is 3.41. The Bertz CT molecular complexity index is 1270. The van der Waals surface area contributed by atoms with Crippen LogP contribution in [0.3, 0.4) is 0 Å². The van der Waals surface area contributed by atoms with Crippen molar-refractivity contribution in [2.24, 2.45) is 0 Å². The number of tetrazole rings is 1. The summed E-state index contributed by atoms with van der Waals surface area (Å²) in [6, 6.07) is 12.6. The van der Waals surface area contributed by atoms with E-state index in [4.69, 9.17) is 4.74 Å². The second-order valence-corrected chi connectivity index (χ2v) is 8.92. The fourth-order valence-corrected chi connectivity index (χ4v) is 4.52. The van der Waals surface area contributed by atoms with Crippen LogP contribution in [0.5, 0.6) is 5.75 Å². The first-order valence-corrected chi connectivity index (χ1v) is 11.9. The minimum absolute atomic E-state index is 0. The van der Waals surface area contributed by atoms with E-state index < -0.39 is 30.8 Å². The molecule has 1 aromatic heterocycles. The summed E-state index contributed by atoms with van der Waals surface area (Å²) in [5, 5.41) is 15.0. The highest BCUT2D eigenvalue weighted by atomic mass is 35.5. The summed E-state index contributed by atoms with van der Waals surface area (Å²) in [4.78, 5) is 13.8. The Morgan fingerprint density at radius 3 is 2.48 bits per heavy atom. The van der Waals surface area contributed by atoms with E-state index in [2.05, 4.69) is 20.8 Å². The molecule has 218 valence electrons. The Balaban J connectivity index is 0.00000441. The van der Waals surface area contributed by atoms with Gasteiger partial charge in [-0.05, 0) is 40.6 Å². The van der Waals surface area contributed by atoms with Crippen molar-refractivity contribution in [1.29, 1.82) is 0 Å². The van der Waals surface area contributed by atoms with E-state index in [0.29, 0.717) is 22.4 Å². The van der Waals surface area contributed by atoms with E-state index in [1.54, 1.807) is 0 Å². The van der Waals surface area contributed by atoms with Gasteiger partial charge in [0, 0.05) is 37.2 Å². The zero-order valence-corrected chi connectivity index (χ0v) is 21.9. The fourth-order valence-electron chi connectivity index (χ4n) is 4.52. The predicted molar refractivity (Wildman–Crippen MR) is 133 cm³/mol. The zero-order valence-electron chi connectivity index (χ0n) is 21.0.